The van der Waals surface area contributed by atoms with Gasteiger partial charge in [-0.3, -0.25) is 0 Å². The Bertz CT molecular complexity index is 474. The highest BCUT2D eigenvalue weighted by Gasteiger charge is 1.91. The van der Waals surface area contributed by atoms with Crippen molar-refractivity contribution < 1.29 is 0 Å². The Morgan fingerprint density at radius 3 is 2.36 bits per heavy atom. The van der Waals surface area contributed by atoms with E-state index in [1.165, 1.54) is 2.88 Å². The molecule has 0 radical (unpaired) electrons. The van der Waals surface area contributed by atoms with Gasteiger partial charge in [-0.1, -0.05) is 30.0 Å². The predicted octanol–water partition coefficient (Wildman–Crippen LogP) is 3.75. The van der Waals surface area contributed by atoms with Gasteiger partial charge in [-0.25, -0.2) is 0 Å². The average molecular weight is 310 g/mol. The van der Waals surface area contributed by atoms with Crippen molar-refractivity contribution in [2.24, 2.45) is 0 Å². The molecule has 0 saturated heterocycles. The zero-order chi connectivity index (χ0) is 9.80. The molecule has 0 nitrogen and oxygen atoms in total. The molecule has 14 heavy (non-hydrogen) atoms. The summed E-state index contributed by atoms with van der Waals surface area (Å²) in [4.78, 5) is 1.12. The van der Waals surface area contributed by atoms with Crippen molar-refractivity contribution in [3.63, 3.8) is 0 Å². The van der Waals surface area contributed by atoms with Gasteiger partial charge in [0.05, 0.1) is 7.76 Å². The highest BCUT2D eigenvalue weighted by atomic mass is 127. The second-order valence-electron chi connectivity index (χ2n) is 2.72. The molecule has 0 aliphatic carbocycles. The number of benzene rings is 1. The average Bonchev–Trinajstić information content (AvgIpc) is 2.63. The minimum atomic E-state index is 1.07. The number of halogens is 1. The van der Waals surface area contributed by atoms with E-state index in [-0.39, 0.29) is 0 Å². The number of hydrogen-bond donors (Lipinski definition) is 0. The number of thiophene rings is 1. The van der Waals surface area contributed by atoms with Crippen LogP contribution < -0.4 is 0 Å². The van der Waals surface area contributed by atoms with Gasteiger partial charge >= 0.3 is 0 Å². The maximum atomic E-state index is 3.15. The molecule has 0 unspecified atom stereocenters. The van der Waals surface area contributed by atoms with Crippen LogP contribution in [0.1, 0.15) is 10.4 Å². The van der Waals surface area contributed by atoms with Crippen LogP contribution in [0, 0.1) is 14.7 Å². The molecule has 0 atom stereocenters. The topological polar surface area (TPSA) is 0 Å². The highest BCUT2D eigenvalue weighted by Crippen LogP contribution is 2.16. The maximum Gasteiger partial charge on any atom is 0.0783 e. The molecule has 0 amide bonds. The lowest BCUT2D eigenvalue weighted by Crippen LogP contribution is -1.70. The SMILES string of the molecule is Ic1ccc(C#Cc2ccccc2)s1. The Hall–Kier alpha value is -0.790. The third-order valence-corrected chi connectivity index (χ3v) is 3.49. The van der Waals surface area contributed by atoms with Gasteiger partial charge in [0.2, 0.25) is 0 Å². The normalized spacial score (nSPS) is 9.21. The molecule has 0 saturated carbocycles. The Kier molecular flexibility index (Phi) is 3.22. The van der Waals surface area contributed by atoms with Gasteiger partial charge in [0.1, 0.15) is 0 Å². The van der Waals surface area contributed by atoms with E-state index in [1.807, 2.05) is 30.3 Å². The Morgan fingerprint density at radius 1 is 0.929 bits per heavy atom. The predicted molar refractivity (Wildman–Crippen MR) is 69.5 cm³/mol. The first-order valence-electron chi connectivity index (χ1n) is 4.17. The van der Waals surface area contributed by atoms with Gasteiger partial charge in [-0.2, -0.15) is 0 Å². The van der Waals surface area contributed by atoms with Crippen LogP contribution in [0.2, 0.25) is 0 Å². The van der Waals surface area contributed by atoms with Crippen molar-refractivity contribution in [2.45, 2.75) is 0 Å². The fourth-order valence-corrected chi connectivity index (χ4v) is 2.51. The van der Waals surface area contributed by atoms with Gasteiger partial charge in [0.15, 0.2) is 0 Å². The van der Waals surface area contributed by atoms with Crippen LogP contribution in [-0.4, -0.2) is 0 Å². The van der Waals surface area contributed by atoms with Gasteiger partial charge in [-0.05, 0) is 46.9 Å². The monoisotopic (exact) mass is 310 g/mol. The summed E-state index contributed by atoms with van der Waals surface area (Å²) in [5, 5.41) is 0. The Balaban J connectivity index is 2.23. The van der Waals surface area contributed by atoms with Crippen molar-refractivity contribution >= 4 is 33.9 Å². The molecule has 0 fully saturated rings. The summed E-state index contributed by atoms with van der Waals surface area (Å²) in [5.41, 5.74) is 1.07. The molecule has 2 rings (SSSR count). The van der Waals surface area contributed by atoms with Gasteiger partial charge in [0.25, 0.3) is 0 Å². The lowest BCUT2D eigenvalue weighted by atomic mass is 10.2. The van der Waals surface area contributed by atoms with Crippen LogP contribution in [0.4, 0.5) is 0 Å². The fraction of sp³-hybridized carbons (Fsp3) is 0. The molecule has 0 N–H and O–H groups in total. The van der Waals surface area contributed by atoms with E-state index in [2.05, 4.69) is 46.6 Å². The Labute approximate surface area is 101 Å². The van der Waals surface area contributed by atoms with E-state index in [4.69, 9.17) is 0 Å². The molecular formula is C12H7IS. The molecule has 0 bridgehead atoms. The van der Waals surface area contributed by atoms with E-state index in [0.717, 1.165) is 10.4 Å². The second-order valence-corrected chi connectivity index (χ2v) is 5.70. The largest absolute Gasteiger partial charge is 0.121 e. The molecule has 0 spiro atoms. The lowest BCUT2D eigenvalue weighted by Gasteiger charge is -1.85. The third kappa shape index (κ3) is 2.60. The standard InChI is InChI=1S/C12H7IS/c13-12-9-8-11(14-12)7-6-10-4-2-1-3-5-10/h1-5,8-9H. The maximum absolute atomic E-state index is 3.15. The molecule has 2 heteroatoms. The van der Waals surface area contributed by atoms with Gasteiger partial charge in [0, 0.05) is 5.56 Å². The molecule has 1 aromatic carbocycles. The first kappa shape index (κ1) is 9.75. The summed E-state index contributed by atoms with van der Waals surface area (Å²) < 4.78 is 1.28. The summed E-state index contributed by atoms with van der Waals surface area (Å²) in [6.45, 7) is 0. The van der Waals surface area contributed by atoms with Crippen molar-refractivity contribution in [1.82, 2.24) is 0 Å². The summed E-state index contributed by atoms with van der Waals surface area (Å²) in [6.07, 6.45) is 0. The van der Waals surface area contributed by atoms with Crippen molar-refractivity contribution in [1.29, 1.82) is 0 Å². The molecule has 0 aliphatic rings. The van der Waals surface area contributed by atoms with Crippen LogP contribution in [0.25, 0.3) is 0 Å². The van der Waals surface area contributed by atoms with Crippen LogP contribution in [0.5, 0.6) is 0 Å². The summed E-state index contributed by atoms with van der Waals surface area (Å²) in [7, 11) is 0. The van der Waals surface area contributed by atoms with Crippen LogP contribution in [0.3, 0.4) is 0 Å². The molecular weight excluding hydrogens is 303 g/mol. The van der Waals surface area contributed by atoms with Crippen molar-refractivity contribution in [3.05, 3.63) is 55.8 Å². The van der Waals surface area contributed by atoms with Gasteiger partial charge in [-0.15, -0.1) is 11.3 Å². The highest BCUT2D eigenvalue weighted by molar-refractivity contribution is 14.1. The summed E-state index contributed by atoms with van der Waals surface area (Å²) in [6, 6.07) is 14.2. The van der Waals surface area contributed by atoms with Crippen LogP contribution in [-0.2, 0) is 0 Å². The molecule has 1 aromatic heterocycles. The van der Waals surface area contributed by atoms with E-state index in [1.54, 1.807) is 11.3 Å². The van der Waals surface area contributed by atoms with E-state index in [0.29, 0.717) is 0 Å². The first-order valence-corrected chi connectivity index (χ1v) is 6.06. The lowest BCUT2D eigenvalue weighted by molar-refractivity contribution is 1.65. The Morgan fingerprint density at radius 2 is 1.71 bits per heavy atom. The number of hydrogen-bond acceptors (Lipinski definition) is 1. The second kappa shape index (κ2) is 4.63. The van der Waals surface area contributed by atoms with Crippen LogP contribution in [0.15, 0.2) is 42.5 Å². The molecule has 0 aliphatic heterocycles. The quantitative estimate of drug-likeness (QED) is 0.513. The summed E-state index contributed by atoms with van der Waals surface area (Å²) >= 11 is 4.03. The van der Waals surface area contributed by atoms with E-state index < -0.39 is 0 Å². The van der Waals surface area contributed by atoms with E-state index in [9.17, 15) is 0 Å². The van der Waals surface area contributed by atoms with Gasteiger partial charge < -0.3 is 0 Å². The third-order valence-electron chi connectivity index (χ3n) is 1.68. The molecule has 2 aromatic rings. The number of rotatable bonds is 0. The zero-order valence-corrected chi connectivity index (χ0v) is 10.3. The van der Waals surface area contributed by atoms with Crippen LogP contribution >= 0.6 is 33.9 Å². The first-order chi connectivity index (χ1) is 6.84. The van der Waals surface area contributed by atoms with E-state index >= 15 is 0 Å². The van der Waals surface area contributed by atoms with Crippen molar-refractivity contribution in [3.8, 4) is 11.8 Å². The summed E-state index contributed by atoms with van der Waals surface area (Å²) in [5.74, 6) is 6.28. The molecule has 68 valence electrons. The smallest absolute Gasteiger partial charge is 0.0783 e. The molecule has 1 heterocycles. The minimum Gasteiger partial charge on any atom is -0.121 e. The van der Waals surface area contributed by atoms with Crippen molar-refractivity contribution in [2.75, 3.05) is 0 Å². The fourth-order valence-electron chi connectivity index (χ4n) is 1.04. The zero-order valence-electron chi connectivity index (χ0n) is 7.33. The minimum absolute atomic E-state index is 1.07.